The molecule has 1 saturated heterocycles. The average molecular weight is 268 g/mol. The van der Waals surface area contributed by atoms with Gasteiger partial charge in [0.1, 0.15) is 0 Å². The van der Waals surface area contributed by atoms with Crippen LogP contribution in [0.5, 0.6) is 0 Å². The molecule has 2 aliphatic heterocycles. The largest absolute Gasteiger partial charge is 0.302 e. The van der Waals surface area contributed by atoms with Crippen LogP contribution in [0.25, 0.3) is 0 Å². The van der Waals surface area contributed by atoms with Crippen LogP contribution in [0.15, 0.2) is 29.2 Å². The zero-order valence-corrected chi connectivity index (χ0v) is 11.5. The van der Waals surface area contributed by atoms with E-state index >= 15 is 0 Å². The van der Waals surface area contributed by atoms with Gasteiger partial charge >= 0.3 is 0 Å². The fourth-order valence-corrected chi connectivity index (χ4v) is 4.29. The van der Waals surface area contributed by atoms with Gasteiger partial charge in [0.05, 0.1) is 0 Å². The molecule has 1 aromatic rings. The standard InChI is InChI=1S/C14H18ClNS/c15-12-5-7-16(8-6-12)10-13-9-11-3-1-2-4-14(11)17-13/h1-4,12-13H,5-10H2. The van der Waals surface area contributed by atoms with Crippen LogP contribution < -0.4 is 0 Å². The Morgan fingerprint density at radius 3 is 2.76 bits per heavy atom. The van der Waals surface area contributed by atoms with Crippen molar-refractivity contribution in [2.45, 2.75) is 34.8 Å². The summed E-state index contributed by atoms with van der Waals surface area (Å²) >= 11 is 8.20. The number of hydrogen-bond acceptors (Lipinski definition) is 2. The molecule has 1 fully saturated rings. The maximum atomic E-state index is 6.14. The first-order valence-electron chi connectivity index (χ1n) is 6.42. The van der Waals surface area contributed by atoms with Gasteiger partial charge in [-0.15, -0.1) is 23.4 Å². The van der Waals surface area contributed by atoms with E-state index < -0.39 is 0 Å². The summed E-state index contributed by atoms with van der Waals surface area (Å²) < 4.78 is 0. The van der Waals surface area contributed by atoms with Crippen molar-refractivity contribution in [3.8, 4) is 0 Å². The predicted octanol–water partition coefficient (Wildman–Crippen LogP) is 3.41. The first kappa shape index (κ1) is 11.9. The molecular formula is C14H18ClNS. The molecule has 2 aliphatic rings. The molecule has 0 saturated carbocycles. The summed E-state index contributed by atoms with van der Waals surface area (Å²) in [6, 6.07) is 8.83. The molecule has 0 amide bonds. The van der Waals surface area contributed by atoms with Gasteiger partial charge in [-0.1, -0.05) is 18.2 Å². The number of halogens is 1. The number of nitrogens with zero attached hydrogens (tertiary/aromatic N) is 1. The summed E-state index contributed by atoms with van der Waals surface area (Å²) in [6.45, 7) is 3.59. The number of rotatable bonds is 2. The quantitative estimate of drug-likeness (QED) is 0.756. The van der Waals surface area contributed by atoms with Crippen molar-refractivity contribution in [3.63, 3.8) is 0 Å². The molecule has 1 aromatic carbocycles. The Morgan fingerprint density at radius 1 is 1.24 bits per heavy atom. The number of alkyl halides is 1. The Balaban J connectivity index is 1.55. The second-order valence-electron chi connectivity index (χ2n) is 5.03. The lowest BCUT2D eigenvalue weighted by molar-refractivity contribution is 0.232. The lowest BCUT2D eigenvalue weighted by Gasteiger charge is -2.30. The fourth-order valence-electron chi connectivity index (χ4n) is 2.73. The van der Waals surface area contributed by atoms with Crippen molar-refractivity contribution < 1.29 is 0 Å². The van der Waals surface area contributed by atoms with E-state index in [9.17, 15) is 0 Å². The highest BCUT2D eigenvalue weighted by Crippen LogP contribution is 2.37. The fraction of sp³-hybridized carbons (Fsp3) is 0.571. The Morgan fingerprint density at radius 2 is 2.00 bits per heavy atom. The maximum absolute atomic E-state index is 6.14. The van der Waals surface area contributed by atoms with E-state index in [4.69, 9.17) is 11.6 Å². The Kier molecular flexibility index (Phi) is 3.64. The van der Waals surface area contributed by atoms with Crippen LogP contribution in [0, 0.1) is 0 Å². The first-order chi connectivity index (χ1) is 8.31. The highest BCUT2D eigenvalue weighted by Gasteiger charge is 2.25. The smallest absolute Gasteiger partial charge is 0.0360 e. The second kappa shape index (κ2) is 5.21. The van der Waals surface area contributed by atoms with Gasteiger partial charge in [0.15, 0.2) is 0 Å². The van der Waals surface area contributed by atoms with Gasteiger partial charge in [0.25, 0.3) is 0 Å². The zero-order chi connectivity index (χ0) is 11.7. The number of fused-ring (bicyclic) bond motifs is 1. The van der Waals surface area contributed by atoms with Crippen LogP contribution >= 0.6 is 23.4 Å². The maximum Gasteiger partial charge on any atom is 0.0360 e. The average Bonchev–Trinajstić information content (AvgIpc) is 2.74. The van der Waals surface area contributed by atoms with Crippen LogP contribution in [0.1, 0.15) is 18.4 Å². The number of piperidine rings is 1. The van der Waals surface area contributed by atoms with Crippen LogP contribution in [-0.4, -0.2) is 35.2 Å². The number of likely N-dealkylation sites (tertiary alicyclic amines) is 1. The van der Waals surface area contributed by atoms with Gasteiger partial charge in [-0.3, -0.25) is 0 Å². The number of hydrogen-bond donors (Lipinski definition) is 0. The van der Waals surface area contributed by atoms with Crippen molar-refractivity contribution in [2.24, 2.45) is 0 Å². The van der Waals surface area contributed by atoms with Crippen molar-refractivity contribution in [1.29, 1.82) is 0 Å². The number of benzene rings is 1. The molecule has 1 nitrogen and oxygen atoms in total. The van der Waals surface area contributed by atoms with E-state index in [1.54, 1.807) is 0 Å². The van der Waals surface area contributed by atoms with E-state index in [0.717, 1.165) is 18.1 Å². The van der Waals surface area contributed by atoms with Gasteiger partial charge in [0, 0.05) is 22.1 Å². The summed E-state index contributed by atoms with van der Waals surface area (Å²) in [7, 11) is 0. The molecule has 17 heavy (non-hydrogen) atoms. The Bertz CT molecular complexity index is 363. The van der Waals surface area contributed by atoms with E-state index in [0.29, 0.717) is 5.38 Å². The SMILES string of the molecule is ClC1CCN(CC2Cc3ccccc3S2)CC1. The molecule has 1 unspecified atom stereocenters. The van der Waals surface area contributed by atoms with Gasteiger partial charge in [-0.05, 0) is 44.0 Å². The summed E-state index contributed by atoms with van der Waals surface area (Å²) in [6.07, 6.45) is 3.55. The molecule has 0 aromatic heterocycles. The van der Waals surface area contributed by atoms with Gasteiger partial charge in [-0.25, -0.2) is 0 Å². The molecule has 0 aliphatic carbocycles. The van der Waals surface area contributed by atoms with Gasteiger partial charge in [0.2, 0.25) is 0 Å². The van der Waals surface area contributed by atoms with E-state index in [-0.39, 0.29) is 0 Å². The van der Waals surface area contributed by atoms with Crippen LogP contribution in [0.2, 0.25) is 0 Å². The molecule has 3 heteroatoms. The van der Waals surface area contributed by atoms with Gasteiger partial charge in [-0.2, -0.15) is 0 Å². The first-order valence-corrected chi connectivity index (χ1v) is 7.74. The van der Waals surface area contributed by atoms with Crippen molar-refractivity contribution in [2.75, 3.05) is 19.6 Å². The summed E-state index contributed by atoms with van der Waals surface area (Å²) in [5.41, 5.74) is 1.54. The molecule has 1 atom stereocenters. The van der Waals surface area contributed by atoms with E-state index in [2.05, 4.69) is 40.9 Å². The Labute approximate surface area is 113 Å². The Hall–Kier alpha value is -0.180. The van der Waals surface area contributed by atoms with Crippen LogP contribution in [0.4, 0.5) is 0 Å². The molecular weight excluding hydrogens is 250 g/mol. The molecule has 0 spiro atoms. The molecule has 2 heterocycles. The van der Waals surface area contributed by atoms with Crippen molar-refractivity contribution in [3.05, 3.63) is 29.8 Å². The third-order valence-corrected chi connectivity index (χ3v) is 5.43. The second-order valence-corrected chi connectivity index (χ2v) is 6.99. The third kappa shape index (κ3) is 2.81. The van der Waals surface area contributed by atoms with E-state index in [1.807, 2.05) is 0 Å². The molecule has 0 N–H and O–H groups in total. The summed E-state index contributed by atoms with van der Waals surface area (Å²) in [5.74, 6) is 0. The third-order valence-electron chi connectivity index (χ3n) is 3.69. The number of thioether (sulfide) groups is 1. The highest BCUT2D eigenvalue weighted by molar-refractivity contribution is 8.00. The predicted molar refractivity (Wildman–Crippen MR) is 75.1 cm³/mol. The van der Waals surface area contributed by atoms with Crippen molar-refractivity contribution >= 4 is 23.4 Å². The van der Waals surface area contributed by atoms with Crippen LogP contribution in [0.3, 0.4) is 0 Å². The normalized spacial score (nSPS) is 26.1. The highest BCUT2D eigenvalue weighted by atomic mass is 35.5. The molecule has 3 rings (SSSR count). The molecule has 0 bridgehead atoms. The lowest BCUT2D eigenvalue weighted by atomic mass is 10.1. The summed E-state index contributed by atoms with van der Waals surface area (Å²) in [4.78, 5) is 4.08. The van der Waals surface area contributed by atoms with Crippen LogP contribution in [-0.2, 0) is 6.42 Å². The minimum atomic E-state index is 0.416. The molecule has 0 radical (unpaired) electrons. The van der Waals surface area contributed by atoms with Gasteiger partial charge < -0.3 is 4.90 Å². The van der Waals surface area contributed by atoms with Crippen molar-refractivity contribution in [1.82, 2.24) is 4.90 Å². The molecule has 92 valence electrons. The summed E-state index contributed by atoms with van der Waals surface area (Å²) in [5, 5.41) is 1.17. The zero-order valence-electron chi connectivity index (χ0n) is 9.94. The minimum absolute atomic E-state index is 0.416. The topological polar surface area (TPSA) is 3.24 Å². The van der Waals surface area contributed by atoms with E-state index in [1.165, 1.54) is 36.5 Å². The minimum Gasteiger partial charge on any atom is -0.302 e. The lowest BCUT2D eigenvalue weighted by Crippen LogP contribution is -2.38. The monoisotopic (exact) mass is 267 g/mol.